The van der Waals surface area contributed by atoms with Crippen LogP contribution in [0.15, 0.2) is 59.6 Å². The van der Waals surface area contributed by atoms with Gasteiger partial charge in [0.15, 0.2) is 0 Å². The predicted molar refractivity (Wildman–Crippen MR) is 136 cm³/mol. The molecule has 2 saturated heterocycles. The van der Waals surface area contributed by atoms with Crippen molar-refractivity contribution < 1.29 is 14.2 Å². The van der Waals surface area contributed by atoms with Crippen molar-refractivity contribution in [3.05, 3.63) is 70.7 Å². The van der Waals surface area contributed by atoms with Gasteiger partial charge in [-0.3, -0.25) is 24.4 Å². The van der Waals surface area contributed by atoms with Gasteiger partial charge >= 0.3 is 11.9 Å². The number of rotatable bonds is 6. The molecule has 8 nitrogen and oxygen atoms in total. The minimum atomic E-state index is -0.615. The first-order valence-corrected chi connectivity index (χ1v) is 12.3. The zero-order valence-corrected chi connectivity index (χ0v) is 20.9. The number of hydrogen-bond acceptors (Lipinski definition) is 5. The van der Waals surface area contributed by atoms with Gasteiger partial charge in [0.1, 0.15) is 13.1 Å². The summed E-state index contributed by atoms with van der Waals surface area (Å²) >= 11 is 6.23. The topological polar surface area (TPSA) is 62.5 Å². The van der Waals surface area contributed by atoms with Crippen LogP contribution in [0, 0.1) is 0 Å². The molecule has 0 spiro atoms. The van der Waals surface area contributed by atoms with Crippen molar-refractivity contribution in [1.82, 2.24) is 19.6 Å². The summed E-state index contributed by atoms with van der Waals surface area (Å²) in [4.78, 5) is 38.1. The number of urea groups is 1. The van der Waals surface area contributed by atoms with E-state index in [1.165, 1.54) is 22.4 Å². The van der Waals surface area contributed by atoms with Gasteiger partial charge in [0.25, 0.3) is 17.8 Å². The van der Waals surface area contributed by atoms with Gasteiger partial charge in [0.05, 0.1) is 0 Å². The molecule has 5 rings (SSSR count). The molecular weight excluding hydrogens is 464 g/mol. The Morgan fingerprint density at radius 2 is 1.54 bits per heavy atom. The highest BCUT2D eigenvalue weighted by molar-refractivity contribution is 6.30. The number of nitrogens with zero attached hydrogens (tertiary/aromatic N) is 6. The Kier molecular flexibility index (Phi) is 6.69. The highest BCUT2D eigenvalue weighted by atomic mass is 35.5. The monoisotopic (exact) mass is 493 g/mol. The van der Waals surface area contributed by atoms with E-state index in [0.717, 1.165) is 44.1 Å². The van der Waals surface area contributed by atoms with Crippen molar-refractivity contribution >= 4 is 35.2 Å². The zero-order valence-electron chi connectivity index (χ0n) is 20.1. The lowest BCUT2D eigenvalue weighted by atomic mass is 10.1. The number of likely N-dealkylation sites (N-methyl/N-ethyl adjacent to an activating group) is 2. The summed E-state index contributed by atoms with van der Waals surface area (Å²) in [5.41, 5.74) is 2.32. The number of benzene rings is 2. The molecule has 1 atom stereocenters. The van der Waals surface area contributed by atoms with Crippen LogP contribution in [-0.4, -0.2) is 101 Å². The number of imide groups is 1. The standard InChI is InChI=1S/C26H30ClN6O2/c1-29-24-23(25(34)30(2)26(29)35)33(17-20-9-6-10-21(27)15-20)22(28-24)18-32-13-11-31(12-14-32)16-19-7-4-3-5-8-19/h3-10,15,23H,11-14,16-18H2,1-2H3/q+1. The molecule has 0 saturated carbocycles. The number of halogens is 1. The van der Waals surface area contributed by atoms with E-state index in [0.29, 0.717) is 23.9 Å². The molecule has 2 aromatic rings. The minimum Gasteiger partial charge on any atom is -0.297 e. The lowest BCUT2D eigenvalue weighted by Gasteiger charge is -2.34. The van der Waals surface area contributed by atoms with Crippen LogP contribution in [0.3, 0.4) is 0 Å². The normalized spacial score (nSPS) is 21.6. The molecule has 3 aliphatic heterocycles. The van der Waals surface area contributed by atoms with Gasteiger partial charge in [-0.25, -0.2) is 9.37 Å². The molecule has 0 radical (unpaired) electrons. The summed E-state index contributed by atoms with van der Waals surface area (Å²) in [5.74, 6) is 1.05. The van der Waals surface area contributed by atoms with Gasteiger partial charge in [0.2, 0.25) is 0 Å². The summed E-state index contributed by atoms with van der Waals surface area (Å²) in [6.07, 6.45) is 0. The number of carbonyl (C=O) groups excluding carboxylic acids is 2. The molecule has 3 aliphatic rings. The van der Waals surface area contributed by atoms with E-state index in [2.05, 4.69) is 34.1 Å². The molecule has 0 bridgehead atoms. The first-order valence-electron chi connectivity index (χ1n) is 11.9. The largest absolute Gasteiger partial charge is 0.333 e. The molecule has 0 aliphatic carbocycles. The van der Waals surface area contributed by atoms with E-state index >= 15 is 0 Å². The average Bonchev–Trinajstić information content (AvgIpc) is 3.21. The number of carbonyl (C=O) groups is 2. The number of aliphatic imine (C=N–C) groups is 1. The fourth-order valence-electron chi connectivity index (χ4n) is 4.94. The third-order valence-corrected chi connectivity index (χ3v) is 7.17. The van der Waals surface area contributed by atoms with Crippen LogP contribution in [0.4, 0.5) is 4.79 Å². The van der Waals surface area contributed by atoms with Crippen LogP contribution in [0.25, 0.3) is 0 Å². The van der Waals surface area contributed by atoms with E-state index in [1.807, 2.05) is 34.9 Å². The molecular formula is C26H30ClN6O2+. The summed E-state index contributed by atoms with van der Waals surface area (Å²) in [6, 6.07) is 17.2. The van der Waals surface area contributed by atoms with E-state index in [4.69, 9.17) is 16.6 Å². The Labute approximate surface area is 210 Å². The van der Waals surface area contributed by atoms with Crippen LogP contribution in [-0.2, 0) is 17.9 Å². The Hall–Kier alpha value is -3.07. The quantitative estimate of drug-likeness (QED) is 0.580. The summed E-state index contributed by atoms with van der Waals surface area (Å²) < 4.78 is 2.03. The fraction of sp³-hybridized carbons (Fsp3) is 0.385. The molecule has 2 aromatic carbocycles. The van der Waals surface area contributed by atoms with Crippen LogP contribution < -0.4 is 0 Å². The first-order chi connectivity index (χ1) is 16.9. The number of amidine groups is 2. The molecule has 0 N–H and O–H groups in total. The molecule has 182 valence electrons. The van der Waals surface area contributed by atoms with Gasteiger partial charge in [-0.1, -0.05) is 54.1 Å². The third kappa shape index (κ3) is 4.87. The lowest BCUT2D eigenvalue weighted by Crippen LogP contribution is -2.61. The number of fused-ring (bicyclic) bond motifs is 1. The highest BCUT2D eigenvalue weighted by Crippen LogP contribution is 2.22. The van der Waals surface area contributed by atoms with Crippen molar-refractivity contribution in [2.75, 3.05) is 46.8 Å². The molecule has 0 aromatic heterocycles. The van der Waals surface area contributed by atoms with Gasteiger partial charge in [0, 0.05) is 51.8 Å². The van der Waals surface area contributed by atoms with Crippen molar-refractivity contribution in [3.63, 3.8) is 0 Å². The van der Waals surface area contributed by atoms with Crippen LogP contribution in [0.2, 0.25) is 5.02 Å². The minimum absolute atomic E-state index is 0.253. The smallest absolute Gasteiger partial charge is 0.297 e. The Bertz CT molecular complexity index is 1190. The van der Waals surface area contributed by atoms with Gasteiger partial charge < -0.3 is 0 Å². The molecule has 35 heavy (non-hydrogen) atoms. The maximum Gasteiger partial charge on any atom is 0.333 e. The average molecular weight is 494 g/mol. The SMILES string of the molecule is CN1C(=O)C2C(=NC(CN3CCN(Cc4ccccc4)CC3)=[N+]2Cc2cccc(Cl)c2)N(C)C1=O. The van der Waals surface area contributed by atoms with Crippen LogP contribution in [0.5, 0.6) is 0 Å². The molecule has 2 fully saturated rings. The molecule has 3 heterocycles. The molecule has 1 unspecified atom stereocenters. The molecule has 3 amide bonds. The summed E-state index contributed by atoms with van der Waals surface area (Å²) in [7, 11) is 3.21. The second kappa shape index (κ2) is 9.89. The number of hydrogen-bond donors (Lipinski definition) is 0. The van der Waals surface area contributed by atoms with Crippen LogP contribution in [0.1, 0.15) is 11.1 Å². The number of piperazine rings is 1. The number of amides is 3. The third-order valence-electron chi connectivity index (χ3n) is 6.93. The van der Waals surface area contributed by atoms with E-state index in [-0.39, 0.29) is 11.9 Å². The first kappa shape index (κ1) is 23.7. The van der Waals surface area contributed by atoms with Gasteiger partial charge in [-0.05, 0) is 28.3 Å². The van der Waals surface area contributed by atoms with E-state index in [9.17, 15) is 9.59 Å². The van der Waals surface area contributed by atoms with E-state index in [1.54, 1.807) is 7.05 Å². The van der Waals surface area contributed by atoms with E-state index < -0.39 is 6.04 Å². The van der Waals surface area contributed by atoms with Crippen molar-refractivity contribution in [3.8, 4) is 0 Å². The van der Waals surface area contributed by atoms with Crippen molar-refractivity contribution in [2.45, 2.75) is 19.1 Å². The van der Waals surface area contributed by atoms with Crippen molar-refractivity contribution in [1.29, 1.82) is 0 Å². The Morgan fingerprint density at radius 1 is 0.886 bits per heavy atom. The summed E-state index contributed by atoms with van der Waals surface area (Å²) in [5, 5.41) is 0.651. The van der Waals surface area contributed by atoms with Gasteiger partial charge in [-0.2, -0.15) is 0 Å². The van der Waals surface area contributed by atoms with Gasteiger partial charge in [-0.15, -0.1) is 0 Å². The maximum absolute atomic E-state index is 13.2. The highest BCUT2D eigenvalue weighted by Gasteiger charge is 2.53. The Balaban J connectivity index is 1.35. The lowest BCUT2D eigenvalue weighted by molar-refractivity contribution is -0.552. The fourth-order valence-corrected chi connectivity index (χ4v) is 5.15. The zero-order chi connectivity index (χ0) is 24.5. The Morgan fingerprint density at radius 3 is 2.23 bits per heavy atom. The molecule has 9 heteroatoms. The second-order valence-corrected chi connectivity index (χ2v) is 9.76. The van der Waals surface area contributed by atoms with Crippen LogP contribution >= 0.6 is 11.6 Å². The van der Waals surface area contributed by atoms with Crippen molar-refractivity contribution in [2.24, 2.45) is 4.99 Å². The summed E-state index contributed by atoms with van der Waals surface area (Å²) in [6.45, 7) is 5.83. The predicted octanol–water partition coefficient (Wildman–Crippen LogP) is 2.37. The maximum atomic E-state index is 13.2. The second-order valence-electron chi connectivity index (χ2n) is 9.32.